The number of aromatic nitrogens is 2. The van der Waals surface area contributed by atoms with E-state index in [0.717, 1.165) is 101 Å². The van der Waals surface area contributed by atoms with Gasteiger partial charge in [-0.15, -0.1) is 0 Å². The van der Waals surface area contributed by atoms with Gasteiger partial charge in [0.1, 0.15) is 12.0 Å². The molecule has 3 saturated heterocycles. The van der Waals surface area contributed by atoms with Crippen molar-refractivity contribution in [1.29, 1.82) is 0 Å². The van der Waals surface area contributed by atoms with Crippen LogP contribution in [0.3, 0.4) is 0 Å². The summed E-state index contributed by atoms with van der Waals surface area (Å²) in [5, 5.41) is 9.35. The number of ether oxygens (including phenoxy) is 1. The lowest BCUT2D eigenvalue weighted by atomic mass is 9.87. The van der Waals surface area contributed by atoms with Crippen LogP contribution in [0.2, 0.25) is 0 Å². The van der Waals surface area contributed by atoms with E-state index in [9.17, 15) is 14.7 Å². The van der Waals surface area contributed by atoms with Gasteiger partial charge >= 0.3 is 5.97 Å². The molecule has 0 unspecified atom stereocenters. The van der Waals surface area contributed by atoms with Crippen LogP contribution in [0.5, 0.6) is 0 Å². The van der Waals surface area contributed by atoms with Gasteiger partial charge in [0.05, 0.1) is 17.8 Å². The molecule has 0 spiro atoms. The third-order valence-corrected chi connectivity index (χ3v) is 10.3. The van der Waals surface area contributed by atoms with Crippen molar-refractivity contribution < 1.29 is 19.4 Å². The number of aromatic carboxylic acids is 1. The third-order valence-electron chi connectivity index (χ3n) is 10.3. The first kappa shape index (κ1) is 31.4. The van der Waals surface area contributed by atoms with Gasteiger partial charge in [-0.3, -0.25) is 4.79 Å². The molecule has 0 saturated carbocycles. The minimum Gasteiger partial charge on any atom is -0.478 e. The number of piperidine rings is 2. The van der Waals surface area contributed by atoms with Gasteiger partial charge in [-0.25, -0.2) is 14.8 Å². The van der Waals surface area contributed by atoms with Crippen LogP contribution in [0.1, 0.15) is 112 Å². The molecule has 45 heavy (non-hydrogen) atoms. The molecule has 3 aliphatic heterocycles. The maximum absolute atomic E-state index is 13.6. The molecule has 3 aliphatic rings. The number of amides is 1. The van der Waals surface area contributed by atoms with Gasteiger partial charge in [0, 0.05) is 30.4 Å². The Balaban J connectivity index is 0.988. The quantitative estimate of drug-likeness (QED) is 0.310. The molecule has 0 radical (unpaired) electrons. The fourth-order valence-corrected chi connectivity index (χ4v) is 7.50. The molecule has 238 valence electrons. The molecule has 8 heteroatoms. The summed E-state index contributed by atoms with van der Waals surface area (Å²) in [5.41, 5.74) is 6.39. The molecule has 2 atom stereocenters. The van der Waals surface area contributed by atoms with Gasteiger partial charge in [-0.1, -0.05) is 42.0 Å². The second-order valence-electron chi connectivity index (χ2n) is 13.2. The highest BCUT2D eigenvalue weighted by Gasteiger charge is 2.32. The number of likely N-dealkylation sites (tertiary alicyclic amines) is 2. The molecule has 3 aromatic rings. The number of carboxylic acid groups (broad SMARTS) is 1. The minimum atomic E-state index is -0.870. The highest BCUT2D eigenvalue weighted by Crippen LogP contribution is 2.34. The average Bonchev–Trinajstić information content (AvgIpc) is 3.08. The SMILES string of the molecule is Cc1ccc([C@@H]2CCC[C@H](CCc3ncnc(C(=O)N4CCC(N5CCC(c6cccc(C(=O)O)c6)CC5)CC4)c3C)O2)cc1. The first-order chi connectivity index (χ1) is 21.9. The van der Waals surface area contributed by atoms with Gasteiger partial charge in [0.2, 0.25) is 0 Å². The second-order valence-corrected chi connectivity index (χ2v) is 13.2. The molecular weight excluding hydrogens is 564 g/mol. The van der Waals surface area contributed by atoms with Crippen molar-refractivity contribution in [3.63, 3.8) is 0 Å². The number of nitrogens with zero attached hydrogens (tertiary/aromatic N) is 4. The van der Waals surface area contributed by atoms with E-state index in [1.165, 1.54) is 11.1 Å². The summed E-state index contributed by atoms with van der Waals surface area (Å²) in [6, 6.07) is 16.6. The summed E-state index contributed by atoms with van der Waals surface area (Å²) in [5.74, 6) is -0.457. The molecule has 2 aromatic carbocycles. The molecule has 0 aliphatic carbocycles. The lowest BCUT2D eigenvalue weighted by Crippen LogP contribution is -2.49. The molecule has 1 amide bonds. The summed E-state index contributed by atoms with van der Waals surface area (Å²) in [6.07, 6.45) is 10.8. The van der Waals surface area contributed by atoms with E-state index in [2.05, 4.69) is 52.1 Å². The van der Waals surface area contributed by atoms with Crippen molar-refractivity contribution in [3.05, 3.63) is 94.1 Å². The topological polar surface area (TPSA) is 95.9 Å². The fourth-order valence-electron chi connectivity index (χ4n) is 7.50. The monoisotopic (exact) mass is 610 g/mol. The predicted octanol–water partition coefficient (Wildman–Crippen LogP) is 6.52. The predicted molar refractivity (Wildman–Crippen MR) is 174 cm³/mol. The molecule has 6 rings (SSSR count). The first-order valence-corrected chi connectivity index (χ1v) is 16.7. The van der Waals surface area contributed by atoms with E-state index in [1.807, 2.05) is 24.0 Å². The normalized spacial score (nSPS) is 22.0. The lowest BCUT2D eigenvalue weighted by Gasteiger charge is -2.42. The Labute approximate surface area is 266 Å². The number of carbonyl (C=O) groups excluding carboxylic acids is 1. The van der Waals surface area contributed by atoms with Crippen molar-refractivity contribution >= 4 is 11.9 Å². The Morgan fingerprint density at radius 1 is 0.889 bits per heavy atom. The number of rotatable bonds is 8. The van der Waals surface area contributed by atoms with Gasteiger partial charge < -0.3 is 19.6 Å². The first-order valence-electron chi connectivity index (χ1n) is 16.7. The Kier molecular flexibility index (Phi) is 9.91. The van der Waals surface area contributed by atoms with Crippen LogP contribution in [0.4, 0.5) is 0 Å². The Bertz CT molecular complexity index is 1480. The van der Waals surface area contributed by atoms with E-state index in [4.69, 9.17) is 4.74 Å². The third kappa shape index (κ3) is 7.45. The van der Waals surface area contributed by atoms with E-state index in [-0.39, 0.29) is 18.1 Å². The van der Waals surface area contributed by atoms with Gasteiger partial charge in [-0.05, 0) is 114 Å². The van der Waals surface area contributed by atoms with Crippen molar-refractivity contribution in [3.8, 4) is 0 Å². The Hall–Kier alpha value is -3.62. The largest absolute Gasteiger partial charge is 0.478 e. The van der Waals surface area contributed by atoms with Gasteiger partial charge in [0.25, 0.3) is 5.91 Å². The summed E-state index contributed by atoms with van der Waals surface area (Å²) < 4.78 is 6.50. The summed E-state index contributed by atoms with van der Waals surface area (Å²) in [6.45, 7) is 7.58. The van der Waals surface area contributed by atoms with Crippen molar-refractivity contribution in [1.82, 2.24) is 19.8 Å². The standard InChI is InChI=1S/C37H46N4O4/c1-25-9-11-28(12-10-25)34-8-4-7-32(45-34)13-14-33-26(2)35(39-24-38-33)36(42)41-21-17-31(18-22-41)40-19-15-27(16-20-40)29-5-3-6-30(23-29)37(43)44/h3,5-6,9-12,23-24,27,31-32,34H,4,7-8,13-22H2,1-2H3,(H,43,44)/t32-,34+/m1/s1. The van der Waals surface area contributed by atoms with E-state index in [1.54, 1.807) is 12.4 Å². The number of aryl methyl sites for hydroxylation is 2. The zero-order chi connectivity index (χ0) is 31.3. The molecule has 1 aromatic heterocycles. The molecule has 3 fully saturated rings. The highest BCUT2D eigenvalue weighted by atomic mass is 16.5. The van der Waals surface area contributed by atoms with E-state index in [0.29, 0.717) is 23.2 Å². The fraction of sp³-hybridized carbons (Fsp3) is 0.514. The number of hydrogen-bond acceptors (Lipinski definition) is 6. The summed E-state index contributed by atoms with van der Waals surface area (Å²) in [7, 11) is 0. The lowest BCUT2D eigenvalue weighted by molar-refractivity contribution is -0.0547. The summed E-state index contributed by atoms with van der Waals surface area (Å²) >= 11 is 0. The van der Waals surface area contributed by atoms with Crippen LogP contribution in [0, 0.1) is 13.8 Å². The van der Waals surface area contributed by atoms with Crippen LogP contribution in [0.25, 0.3) is 0 Å². The average molecular weight is 611 g/mol. The number of benzene rings is 2. The zero-order valence-corrected chi connectivity index (χ0v) is 26.7. The molecule has 8 nitrogen and oxygen atoms in total. The number of carboxylic acids is 1. The van der Waals surface area contributed by atoms with Crippen molar-refractivity contribution in [2.75, 3.05) is 26.2 Å². The van der Waals surface area contributed by atoms with Crippen LogP contribution in [-0.2, 0) is 11.2 Å². The van der Waals surface area contributed by atoms with E-state index < -0.39 is 5.97 Å². The number of hydrogen-bond donors (Lipinski definition) is 1. The minimum absolute atomic E-state index is 0.0139. The van der Waals surface area contributed by atoms with Crippen LogP contribution in [0.15, 0.2) is 54.9 Å². The smallest absolute Gasteiger partial charge is 0.335 e. The summed E-state index contributed by atoms with van der Waals surface area (Å²) in [4.78, 5) is 38.6. The number of carbonyl (C=O) groups is 2. The molecule has 0 bridgehead atoms. The van der Waals surface area contributed by atoms with Crippen molar-refractivity contribution in [2.24, 2.45) is 0 Å². The van der Waals surface area contributed by atoms with Gasteiger partial charge in [-0.2, -0.15) is 0 Å². The maximum atomic E-state index is 13.6. The molecular formula is C37H46N4O4. The second kappa shape index (κ2) is 14.2. The van der Waals surface area contributed by atoms with Crippen LogP contribution >= 0.6 is 0 Å². The Morgan fingerprint density at radius 2 is 1.64 bits per heavy atom. The van der Waals surface area contributed by atoms with Crippen LogP contribution in [-0.4, -0.2) is 75.1 Å². The maximum Gasteiger partial charge on any atom is 0.335 e. The van der Waals surface area contributed by atoms with E-state index >= 15 is 0 Å². The molecule has 1 N–H and O–H groups in total. The zero-order valence-electron chi connectivity index (χ0n) is 26.7. The van der Waals surface area contributed by atoms with Crippen LogP contribution < -0.4 is 0 Å². The van der Waals surface area contributed by atoms with Crippen molar-refractivity contribution in [2.45, 2.75) is 95.8 Å². The highest BCUT2D eigenvalue weighted by molar-refractivity contribution is 5.93. The molecule has 4 heterocycles. The van der Waals surface area contributed by atoms with Gasteiger partial charge in [0.15, 0.2) is 0 Å². The Morgan fingerprint density at radius 3 is 2.38 bits per heavy atom.